The first-order valence-corrected chi connectivity index (χ1v) is 18.8. The molecule has 1 aliphatic carbocycles. The molecule has 1 saturated carbocycles. The first kappa shape index (κ1) is 44.1. The van der Waals surface area contributed by atoms with E-state index in [4.69, 9.17) is 0 Å². The number of amides is 2. The van der Waals surface area contributed by atoms with Gasteiger partial charge >= 0.3 is 0 Å². The van der Waals surface area contributed by atoms with Crippen molar-refractivity contribution in [3.63, 3.8) is 0 Å². The number of nitrogens with one attached hydrogen (secondary N) is 2. The Balaban J connectivity index is 0.000000826. The molecule has 7 nitrogen and oxygen atoms in total. The van der Waals surface area contributed by atoms with Gasteiger partial charge in [0, 0.05) is 30.9 Å². The number of hydrogen-bond donors (Lipinski definition) is 2. The number of halogens is 1. The highest BCUT2D eigenvalue weighted by atomic mass is 19.1. The van der Waals surface area contributed by atoms with Gasteiger partial charge in [-0.1, -0.05) is 117 Å². The summed E-state index contributed by atoms with van der Waals surface area (Å²) in [7, 11) is 0. The standard InChI is InChI=1S/C30H41N5O2.C6H5F.3C2H6/c1-5-7-15-30(6-2)28(37)35(22(3)21-33-30)18-10-8-9-12-23-19-29(20-24(23)14-17-31-4)25-13-11-16-32-26(25)34-27(29)36;7-6-4-2-1-3-5-6;3*1-2/h8,10-14,16,22,33H,4-7,9,15,17-21H2,1-3H3,(H,32,34,36);1-5H;3*1-2H3/b10-8+,23-12-,24-14-;;;;. The molecule has 276 valence electrons. The smallest absolute Gasteiger partial charge is 0.243 e. The Morgan fingerprint density at radius 2 is 1.64 bits per heavy atom. The summed E-state index contributed by atoms with van der Waals surface area (Å²) in [5, 5.41) is 6.54. The quantitative estimate of drug-likeness (QED) is 0.192. The third-order valence-electron chi connectivity index (χ3n) is 9.05. The van der Waals surface area contributed by atoms with Crippen molar-refractivity contribution in [2.75, 3.05) is 25.0 Å². The average Bonchev–Trinajstić information content (AvgIpc) is 3.67. The molecule has 3 aliphatic rings. The molecular formula is C42H64FN5O2. The van der Waals surface area contributed by atoms with E-state index in [1.807, 2.05) is 58.6 Å². The van der Waals surface area contributed by atoms with Crippen LogP contribution in [0.4, 0.5) is 10.2 Å². The van der Waals surface area contributed by atoms with E-state index >= 15 is 0 Å². The Labute approximate surface area is 302 Å². The van der Waals surface area contributed by atoms with Crippen LogP contribution < -0.4 is 10.6 Å². The Morgan fingerprint density at radius 3 is 2.22 bits per heavy atom. The van der Waals surface area contributed by atoms with E-state index in [2.05, 4.69) is 72.4 Å². The van der Waals surface area contributed by atoms with Crippen molar-refractivity contribution in [2.45, 2.75) is 124 Å². The molecule has 0 bridgehead atoms. The Bertz CT molecular complexity index is 1400. The van der Waals surface area contributed by atoms with Gasteiger partial charge in [0.25, 0.3) is 0 Å². The fraction of sp³-hybridized carbons (Fsp3) is 0.524. The third-order valence-corrected chi connectivity index (χ3v) is 9.05. The zero-order chi connectivity index (χ0) is 37.6. The van der Waals surface area contributed by atoms with E-state index in [-0.39, 0.29) is 23.7 Å². The summed E-state index contributed by atoms with van der Waals surface area (Å²) in [5.74, 6) is 0.741. The average molecular weight is 690 g/mol. The van der Waals surface area contributed by atoms with Gasteiger partial charge in [-0.05, 0) is 75.1 Å². The van der Waals surface area contributed by atoms with Gasteiger partial charge in [-0.15, -0.1) is 0 Å². The van der Waals surface area contributed by atoms with Gasteiger partial charge in [0.05, 0.1) is 17.5 Å². The lowest BCUT2D eigenvalue weighted by Gasteiger charge is -2.45. The number of pyridine rings is 1. The molecule has 2 aromatic rings. The van der Waals surface area contributed by atoms with Crippen molar-refractivity contribution in [1.29, 1.82) is 0 Å². The molecule has 2 fully saturated rings. The minimum absolute atomic E-state index is 0.0197. The van der Waals surface area contributed by atoms with Gasteiger partial charge in [-0.2, -0.15) is 0 Å². The van der Waals surface area contributed by atoms with Crippen LogP contribution in [0.15, 0.2) is 89.1 Å². The molecule has 50 heavy (non-hydrogen) atoms. The highest BCUT2D eigenvalue weighted by Gasteiger charge is 2.52. The molecule has 2 amide bonds. The molecule has 5 rings (SSSR count). The lowest BCUT2D eigenvalue weighted by Crippen LogP contribution is -2.67. The van der Waals surface area contributed by atoms with E-state index in [0.717, 1.165) is 49.8 Å². The zero-order valence-corrected chi connectivity index (χ0v) is 32.3. The normalized spacial score (nSPS) is 23.5. The van der Waals surface area contributed by atoms with E-state index in [1.165, 1.54) is 17.7 Å². The van der Waals surface area contributed by atoms with Crippen LogP contribution in [0.1, 0.15) is 113 Å². The lowest BCUT2D eigenvalue weighted by atomic mass is 9.80. The molecule has 0 radical (unpaired) electrons. The molecular weight excluding hydrogens is 625 g/mol. The monoisotopic (exact) mass is 690 g/mol. The number of unbranched alkanes of at least 4 members (excludes halogenated alkanes) is 1. The number of nitrogens with zero attached hydrogens (tertiary/aromatic N) is 3. The van der Waals surface area contributed by atoms with Crippen LogP contribution in [0.3, 0.4) is 0 Å². The molecule has 3 heterocycles. The van der Waals surface area contributed by atoms with E-state index in [9.17, 15) is 14.0 Å². The topological polar surface area (TPSA) is 86.7 Å². The SMILES string of the molecule is C=NC/C=C1/CC2(C/C1=C/C/C=C/CN1C(=O)C(CC)(CCCC)NCC1C)C(=O)Nc1ncccc12.CC.CC.CC.Fc1ccccc1. The van der Waals surface area contributed by atoms with Crippen LogP contribution in [0.2, 0.25) is 0 Å². The molecule has 2 aliphatic heterocycles. The first-order chi connectivity index (χ1) is 24.3. The number of rotatable bonds is 10. The van der Waals surface area contributed by atoms with Crippen molar-refractivity contribution in [2.24, 2.45) is 4.99 Å². The zero-order valence-electron chi connectivity index (χ0n) is 32.3. The number of fused-ring (bicyclic) bond motifs is 2. The lowest BCUT2D eigenvalue weighted by molar-refractivity contribution is -0.144. The predicted octanol–water partition coefficient (Wildman–Crippen LogP) is 9.63. The third kappa shape index (κ3) is 11.3. The van der Waals surface area contributed by atoms with Crippen molar-refractivity contribution in [1.82, 2.24) is 15.2 Å². The van der Waals surface area contributed by atoms with Crippen LogP contribution in [0, 0.1) is 5.82 Å². The van der Waals surface area contributed by atoms with Crippen molar-refractivity contribution >= 4 is 24.3 Å². The molecule has 2 N–H and O–H groups in total. The van der Waals surface area contributed by atoms with E-state index < -0.39 is 11.0 Å². The largest absolute Gasteiger partial charge is 0.333 e. The Kier molecular flexibility index (Phi) is 20.7. The van der Waals surface area contributed by atoms with Crippen LogP contribution in [-0.4, -0.2) is 59.6 Å². The first-order valence-electron chi connectivity index (χ1n) is 18.8. The number of aliphatic imine (C=N–C) groups is 1. The van der Waals surface area contributed by atoms with Crippen LogP contribution in [-0.2, 0) is 15.0 Å². The number of piperazine rings is 1. The second kappa shape index (κ2) is 23.5. The molecule has 1 spiro atoms. The fourth-order valence-corrected chi connectivity index (χ4v) is 6.42. The van der Waals surface area contributed by atoms with Crippen LogP contribution in [0.5, 0.6) is 0 Å². The fourth-order valence-electron chi connectivity index (χ4n) is 6.42. The maximum Gasteiger partial charge on any atom is 0.243 e. The molecule has 1 aromatic carbocycles. The highest BCUT2D eigenvalue weighted by molar-refractivity contribution is 6.06. The number of hydrogen-bond acceptors (Lipinski definition) is 5. The highest BCUT2D eigenvalue weighted by Crippen LogP contribution is 2.52. The maximum atomic E-state index is 13.4. The molecule has 8 heteroatoms. The Morgan fingerprint density at radius 1 is 0.980 bits per heavy atom. The number of carbonyl (C=O) groups excluding carboxylic acids is 2. The van der Waals surface area contributed by atoms with Gasteiger partial charge in [0.1, 0.15) is 11.6 Å². The molecule has 3 unspecified atom stereocenters. The summed E-state index contributed by atoms with van der Waals surface area (Å²) in [4.78, 5) is 36.9. The summed E-state index contributed by atoms with van der Waals surface area (Å²) in [5.41, 5.74) is 2.28. The summed E-state index contributed by atoms with van der Waals surface area (Å²) < 4.78 is 11.9. The number of benzene rings is 1. The summed E-state index contributed by atoms with van der Waals surface area (Å²) in [6.45, 7) is 24.0. The predicted molar refractivity (Wildman–Crippen MR) is 210 cm³/mol. The van der Waals surface area contributed by atoms with E-state index in [0.29, 0.717) is 31.7 Å². The number of carbonyl (C=O) groups is 2. The number of allylic oxidation sites excluding steroid dienone is 4. The molecule has 1 aromatic heterocycles. The van der Waals surface area contributed by atoms with Gasteiger partial charge < -0.3 is 15.5 Å². The summed E-state index contributed by atoms with van der Waals surface area (Å²) in [6.07, 6.45) is 16.1. The van der Waals surface area contributed by atoms with Crippen LogP contribution >= 0.6 is 0 Å². The van der Waals surface area contributed by atoms with Gasteiger partial charge in [-0.3, -0.25) is 14.6 Å². The summed E-state index contributed by atoms with van der Waals surface area (Å²) in [6, 6.07) is 12.0. The molecule has 1 saturated heterocycles. The number of aromatic nitrogens is 1. The Hall–Kier alpha value is -3.91. The minimum Gasteiger partial charge on any atom is -0.333 e. The van der Waals surface area contributed by atoms with Gasteiger partial charge in [0.15, 0.2) is 0 Å². The van der Waals surface area contributed by atoms with Gasteiger partial charge in [-0.25, -0.2) is 9.37 Å². The summed E-state index contributed by atoms with van der Waals surface area (Å²) >= 11 is 0. The van der Waals surface area contributed by atoms with Crippen LogP contribution in [0.25, 0.3) is 0 Å². The van der Waals surface area contributed by atoms with Crippen molar-refractivity contribution in [3.8, 4) is 0 Å². The maximum absolute atomic E-state index is 13.4. The van der Waals surface area contributed by atoms with E-state index in [1.54, 1.807) is 24.4 Å². The van der Waals surface area contributed by atoms with Crippen molar-refractivity contribution < 1.29 is 14.0 Å². The molecule has 3 atom stereocenters. The second-order valence-corrected chi connectivity index (χ2v) is 11.9. The number of anilines is 1. The van der Waals surface area contributed by atoms with Crippen molar-refractivity contribution in [3.05, 3.63) is 95.5 Å². The van der Waals surface area contributed by atoms with Gasteiger partial charge in [0.2, 0.25) is 11.8 Å². The second-order valence-electron chi connectivity index (χ2n) is 11.9. The minimum atomic E-state index is -0.600.